The first-order valence-corrected chi connectivity index (χ1v) is 6.24. The summed E-state index contributed by atoms with van der Waals surface area (Å²) in [5, 5.41) is 9.23. The van der Waals surface area contributed by atoms with Crippen molar-refractivity contribution in [2.75, 3.05) is 12.3 Å². The Labute approximate surface area is 111 Å². The first-order chi connectivity index (χ1) is 8.99. The molecule has 2 atom stereocenters. The van der Waals surface area contributed by atoms with E-state index in [1.165, 1.54) is 17.2 Å². The predicted octanol–water partition coefficient (Wildman–Crippen LogP) is 0.989. The van der Waals surface area contributed by atoms with E-state index in [-0.39, 0.29) is 11.6 Å². The van der Waals surface area contributed by atoms with Crippen LogP contribution < -0.4 is 5.73 Å². The molecule has 6 nitrogen and oxygen atoms in total. The molecule has 1 amide bonds. The quantitative estimate of drug-likeness (QED) is 0.829. The highest BCUT2D eigenvalue weighted by molar-refractivity contribution is 5.95. The van der Waals surface area contributed by atoms with Crippen molar-refractivity contribution in [3.05, 3.63) is 24.0 Å². The zero-order chi connectivity index (χ0) is 14.0. The number of likely N-dealkylation sites (tertiary alicyclic amines) is 1. The summed E-state index contributed by atoms with van der Waals surface area (Å²) in [6.07, 6.45) is 2.69. The Bertz CT molecular complexity index is 486. The molecule has 0 aromatic carbocycles. The van der Waals surface area contributed by atoms with Crippen LogP contribution in [-0.2, 0) is 4.79 Å². The van der Waals surface area contributed by atoms with Gasteiger partial charge in [-0.2, -0.15) is 0 Å². The fraction of sp³-hybridized carbons (Fsp3) is 0.462. The van der Waals surface area contributed by atoms with E-state index in [2.05, 4.69) is 4.98 Å². The van der Waals surface area contributed by atoms with Gasteiger partial charge in [-0.25, -0.2) is 9.78 Å². The van der Waals surface area contributed by atoms with Crippen molar-refractivity contribution in [2.24, 2.45) is 5.92 Å². The molecule has 19 heavy (non-hydrogen) atoms. The zero-order valence-corrected chi connectivity index (χ0v) is 10.7. The Hall–Kier alpha value is -2.11. The van der Waals surface area contributed by atoms with E-state index < -0.39 is 12.0 Å². The van der Waals surface area contributed by atoms with Crippen molar-refractivity contribution in [3.8, 4) is 0 Å². The lowest BCUT2D eigenvalue weighted by molar-refractivity contribution is -0.144. The molecule has 1 saturated heterocycles. The van der Waals surface area contributed by atoms with Crippen molar-refractivity contribution in [2.45, 2.75) is 25.8 Å². The van der Waals surface area contributed by atoms with Crippen LogP contribution in [0.2, 0.25) is 0 Å². The smallest absolute Gasteiger partial charge is 0.326 e. The van der Waals surface area contributed by atoms with Crippen molar-refractivity contribution >= 4 is 17.6 Å². The number of hydrogen-bond acceptors (Lipinski definition) is 4. The Morgan fingerprint density at radius 2 is 2.21 bits per heavy atom. The number of amides is 1. The Kier molecular flexibility index (Phi) is 3.69. The molecule has 0 radical (unpaired) electrons. The van der Waals surface area contributed by atoms with Crippen LogP contribution in [0.3, 0.4) is 0 Å². The lowest BCUT2D eigenvalue weighted by atomic mass is 9.92. The SMILES string of the molecule is CC1CCN(C(=O)c2ccc(N)cn2)C(C(=O)O)C1. The van der Waals surface area contributed by atoms with Gasteiger partial charge in [0.2, 0.25) is 0 Å². The van der Waals surface area contributed by atoms with E-state index in [0.717, 1.165) is 6.42 Å². The van der Waals surface area contributed by atoms with E-state index >= 15 is 0 Å². The number of carbonyl (C=O) groups excluding carboxylic acids is 1. The molecule has 1 aromatic rings. The van der Waals surface area contributed by atoms with Gasteiger partial charge < -0.3 is 15.7 Å². The van der Waals surface area contributed by atoms with E-state index in [1.807, 2.05) is 6.92 Å². The molecular formula is C13H17N3O3. The van der Waals surface area contributed by atoms with Crippen LogP contribution in [-0.4, -0.2) is 39.5 Å². The maximum atomic E-state index is 12.3. The van der Waals surface area contributed by atoms with Crippen molar-refractivity contribution in [1.82, 2.24) is 9.88 Å². The van der Waals surface area contributed by atoms with Gasteiger partial charge >= 0.3 is 5.97 Å². The number of aromatic nitrogens is 1. The molecule has 1 aromatic heterocycles. The fourth-order valence-electron chi connectivity index (χ4n) is 2.30. The third-order valence-corrected chi connectivity index (χ3v) is 3.42. The lowest BCUT2D eigenvalue weighted by Crippen LogP contribution is -2.50. The molecule has 2 unspecified atom stereocenters. The number of carboxylic acid groups (broad SMARTS) is 1. The summed E-state index contributed by atoms with van der Waals surface area (Å²) in [7, 11) is 0. The molecule has 0 saturated carbocycles. The van der Waals surface area contributed by atoms with Crippen LogP contribution >= 0.6 is 0 Å². The van der Waals surface area contributed by atoms with Gasteiger partial charge in [-0.15, -0.1) is 0 Å². The summed E-state index contributed by atoms with van der Waals surface area (Å²) in [5.74, 6) is -1.00. The summed E-state index contributed by atoms with van der Waals surface area (Å²) in [6, 6.07) is 2.34. The van der Waals surface area contributed by atoms with Crippen LogP contribution in [0.15, 0.2) is 18.3 Å². The summed E-state index contributed by atoms with van der Waals surface area (Å²) < 4.78 is 0. The number of carbonyl (C=O) groups is 2. The molecule has 6 heteroatoms. The Balaban J connectivity index is 2.21. The minimum atomic E-state index is -0.963. The summed E-state index contributed by atoms with van der Waals surface area (Å²) in [6.45, 7) is 2.45. The molecule has 2 heterocycles. The number of piperidine rings is 1. The van der Waals surface area contributed by atoms with Crippen LogP contribution in [0.25, 0.3) is 0 Å². The standard InChI is InChI=1S/C13H17N3O3/c1-8-4-5-16(11(6-8)13(18)19)12(17)10-3-2-9(14)7-15-10/h2-3,7-8,11H,4-6,14H2,1H3,(H,18,19). The molecule has 2 rings (SSSR count). The summed E-state index contributed by atoms with van der Waals surface area (Å²) in [5.41, 5.74) is 6.22. The maximum absolute atomic E-state index is 12.3. The Morgan fingerprint density at radius 3 is 2.79 bits per heavy atom. The van der Waals surface area contributed by atoms with E-state index in [9.17, 15) is 14.7 Å². The van der Waals surface area contributed by atoms with Gasteiger partial charge in [0.1, 0.15) is 11.7 Å². The topological polar surface area (TPSA) is 96.5 Å². The number of nitrogen functional groups attached to an aromatic ring is 1. The lowest BCUT2D eigenvalue weighted by Gasteiger charge is -2.35. The van der Waals surface area contributed by atoms with E-state index in [4.69, 9.17) is 5.73 Å². The van der Waals surface area contributed by atoms with Gasteiger partial charge in [0.25, 0.3) is 5.91 Å². The molecular weight excluding hydrogens is 246 g/mol. The average Bonchev–Trinajstić information content (AvgIpc) is 2.38. The third kappa shape index (κ3) is 2.83. The number of hydrogen-bond donors (Lipinski definition) is 2. The van der Waals surface area contributed by atoms with Crippen molar-refractivity contribution < 1.29 is 14.7 Å². The normalized spacial score (nSPS) is 23.1. The number of pyridine rings is 1. The summed E-state index contributed by atoms with van der Waals surface area (Å²) in [4.78, 5) is 28.9. The second-order valence-corrected chi connectivity index (χ2v) is 4.96. The fourth-order valence-corrected chi connectivity index (χ4v) is 2.30. The second-order valence-electron chi connectivity index (χ2n) is 4.96. The molecule has 1 aliphatic heterocycles. The number of nitrogens with two attached hydrogens (primary N) is 1. The van der Waals surface area contributed by atoms with Crippen LogP contribution in [0.1, 0.15) is 30.3 Å². The molecule has 0 bridgehead atoms. The molecule has 0 aliphatic carbocycles. The number of rotatable bonds is 2. The number of anilines is 1. The number of aliphatic carboxylic acids is 1. The van der Waals surface area contributed by atoms with Crippen LogP contribution in [0.4, 0.5) is 5.69 Å². The minimum Gasteiger partial charge on any atom is -0.480 e. The first-order valence-electron chi connectivity index (χ1n) is 6.24. The van der Waals surface area contributed by atoms with Gasteiger partial charge in [-0.05, 0) is 30.9 Å². The van der Waals surface area contributed by atoms with Gasteiger partial charge in [0.15, 0.2) is 0 Å². The third-order valence-electron chi connectivity index (χ3n) is 3.42. The monoisotopic (exact) mass is 263 g/mol. The van der Waals surface area contributed by atoms with Crippen LogP contribution in [0.5, 0.6) is 0 Å². The first kappa shape index (κ1) is 13.3. The minimum absolute atomic E-state index is 0.231. The number of carboxylic acids is 1. The highest BCUT2D eigenvalue weighted by atomic mass is 16.4. The van der Waals surface area contributed by atoms with Gasteiger partial charge in [-0.1, -0.05) is 6.92 Å². The van der Waals surface area contributed by atoms with Gasteiger partial charge in [0, 0.05) is 6.54 Å². The van der Waals surface area contributed by atoms with Crippen molar-refractivity contribution in [3.63, 3.8) is 0 Å². The predicted molar refractivity (Wildman–Crippen MR) is 69.5 cm³/mol. The highest BCUT2D eigenvalue weighted by Gasteiger charge is 2.35. The van der Waals surface area contributed by atoms with Crippen molar-refractivity contribution in [1.29, 1.82) is 0 Å². The average molecular weight is 263 g/mol. The van der Waals surface area contributed by atoms with Gasteiger partial charge in [-0.3, -0.25) is 4.79 Å². The largest absolute Gasteiger partial charge is 0.480 e. The maximum Gasteiger partial charge on any atom is 0.326 e. The number of nitrogens with zero attached hydrogens (tertiary/aromatic N) is 2. The second kappa shape index (κ2) is 5.26. The summed E-state index contributed by atoms with van der Waals surface area (Å²) >= 11 is 0. The highest BCUT2D eigenvalue weighted by Crippen LogP contribution is 2.24. The van der Waals surface area contributed by atoms with Crippen LogP contribution in [0, 0.1) is 5.92 Å². The molecule has 1 aliphatic rings. The zero-order valence-electron chi connectivity index (χ0n) is 10.7. The Morgan fingerprint density at radius 1 is 1.47 bits per heavy atom. The molecule has 3 N–H and O–H groups in total. The van der Waals surface area contributed by atoms with E-state index in [0.29, 0.717) is 24.6 Å². The van der Waals surface area contributed by atoms with Gasteiger partial charge in [0.05, 0.1) is 11.9 Å². The van der Waals surface area contributed by atoms with E-state index in [1.54, 1.807) is 6.07 Å². The molecule has 102 valence electrons. The molecule has 0 spiro atoms. The molecule has 1 fully saturated rings.